The lowest BCUT2D eigenvalue weighted by molar-refractivity contribution is 0.255. The van der Waals surface area contributed by atoms with Crippen LogP contribution in [0.4, 0.5) is 16.3 Å². The molecule has 2 amide bonds. The fourth-order valence-electron chi connectivity index (χ4n) is 2.92. The Kier molecular flexibility index (Phi) is 4.47. The molecule has 4 rings (SSSR count). The third kappa shape index (κ3) is 3.29. The van der Waals surface area contributed by atoms with Crippen molar-refractivity contribution in [2.24, 2.45) is 5.73 Å². The molecular weight excluding hydrogens is 376 g/mol. The Hall–Kier alpha value is -4.15. The van der Waals surface area contributed by atoms with Gasteiger partial charge in [0.2, 0.25) is 5.88 Å². The molecule has 11 heteroatoms. The minimum absolute atomic E-state index is 0.162. The molecule has 148 valence electrons. The highest BCUT2D eigenvalue weighted by molar-refractivity contribution is 5.90. The highest BCUT2D eigenvalue weighted by Gasteiger charge is 2.19. The number of anilines is 2. The number of nitrogens with two attached hydrogens (primary N) is 2. The second-order valence-electron chi connectivity index (χ2n) is 6.19. The molecule has 0 spiro atoms. The van der Waals surface area contributed by atoms with Gasteiger partial charge in [0.05, 0.1) is 11.7 Å². The van der Waals surface area contributed by atoms with Crippen LogP contribution >= 0.6 is 0 Å². The average Bonchev–Trinajstić information content (AvgIpc) is 3.29. The summed E-state index contributed by atoms with van der Waals surface area (Å²) in [5.74, 6) is 1.57. The van der Waals surface area contributed by atoms with Gasteiger partial charge in [-0.3, -0.25) is 4.90 Å². The predicted octanol–water partition coefficient (Wildman–Crippen LogP) is 2.39. The molecule has 11 nitrogen and oxygen atoms in total. The molecule has 0 saturated heterocycles. The maximum absolute atomic E-state index is 11.4. The van der Waals surface area contributed by atoms with E-state index in [0.717, 1.165) is 5.52 Å². The molecule has 0 saturated carbocycles. The Morgan fingerprint density at radius 2 is 2.14 bits per heavy atom. The van der Waals surface area contributed by atoms with Crippen LogP contribution in [0.2, 0.25) is 0 Å². The summed E-state index contributed by atoms with van der Waals surface area (Å²) in [7, 11) is 1.58. The summed E-state index contributed by atoms with van der Waals surface area (Å²) in [5, 5.41) is 7.44. The van der Waals surface area contributed by atoms with Crippen LogP contribution in [0.25, 0.3) is 22.6 Å². The molecule has 0 bridgehead atoms. The second kappa shape index (κ2) is 7.11. The van der Waals surface area contributed by atoms with Crippen molar-refractivity contribution < 1.29 is 14.2 Å². The molecule has 0 aliphatic heterocycles. The number of nitrogens with zero attached hydrogens (tertiary/aromatic N) is 6. The van der Waals surface area contributed by atoms with Crippen molar-refractivity contribution in [3.8, 4) is 23.1 Å². The van der Waals surface area contributed by atoms with E-state index in [1.54, 1.807) is 43.6 Å². The molecule has 0 unspecified atom stereocenters. The van der Waals surface area contributed by atoms with Crippen molar-refractivity contribution >= 4 is 28.6 Å². The van der Waals surface area contributed by atoms with Crippen LogP contribution in [-0.2, 0) is 6.54 Å². The molecule has 0 fully saturated rings. The maximum Gasteiger partial charge on any atom is 0.318 e. The molecule has 4 aromatic rings. The van der Waals surface area contributed by atoms with Gasteiger partial charge < -0.3 is 20.8 Å². The van der Waals surface area contributed by atoms with Crippen LogP contribution in [0.15, 0.2) is 41.2 Å². The third-order valence-electron chi connectivity index (χ3n) is 4.41. The number of fused-ring (bicyclic) bond motifs is 1. The van der Waals surface area contributed by atoms with Gasteiger partial charge in [-0.25, -0.2) is 19.4 Å². The number of nitrogen functional groups attached to an aromatic ring is 1. The maximum atomic E-state index is 11.4. The molecule has 3 aromatic heterocycles. The van der Waals surface area contributed by atoms with Crippen molar-refractivity contribution in [3.05, 3.63) is 36.5 Å². The number of amides is 2. The van der Waals surface area contributed by atoms with E-state index in [2.05, 4.69) is 24.9 Å². The SMILES string of the molecule is CCn1c(-c2nonc2N)nc2cnc(Oc3cccc(N(C)C(N)=O)c3)cc21. The lowest BCUT2D eigenvalue weighted by atomic mass is 10.3. The van der Waals surface area contributed by atoms with E-state index in [9.17, 15) is 4.79 Å². The zero-order chi connectivity index (χ0) is 20.5. The van der Waals surface area contributed by atoms with Gasteiger partial charge in [0.25, 0.3) is 0 Å². The number of primary amides is 1. The highest BCUT2D eigenvalue weighted by atomic mass is 16.6. The summed E-state index contributed by atoms with van der Waals surface area (Å²) >= 11 is 0. The highest BCUT2D eigenvalue weighted by Crippen LogP contribution is 2.30. The monoisotopic (exact) mass is 394 g/mol. The normalized spacial score (nSPS) is 11.0. The number of benzene rings is 1. The fraction of sp³-hybridized carbons (Fsp3) is 0.167. The van der Waals surface area contributed by atoms with Crippen molar-refractivity contribution in [2.45, 2.75) is 13.5 Å². The molecule has 0 radical (unpaired) electrons. The van der Waals surface area contributed by atoms with Gasteiger partial charge in [-0.2, -0.15) is 0 Å². The van der Waals surface area contributed by atoms with Crippen LogP contribution in [0, 0.1) is 0 Å². The number of carbonyl (C=O) groups excluding carboxylic acids is 1. The largest absolute Gasteiger partial charge is 0.439 e. The van der Waals surface area contributed by atoms with E-state index in [-0.39, 0.29) is 5.82 Å². The Morgan fingerprint density at radius 1 is 1.31 bits per heavy atom. The van der Waals surface area contributed by atoms with Crippen molar-refractivity contribution in [1.29, 1.82) is 0 Å². The Bertz CT molecular complexity index is 1200. The number of pyridine rings is 1. The van der Waals surface area contributed by atoms with E-state index < -0.39 is 6.03 Å². The standard InChI is InChI=1S/C18H18N8O3/c1-3-26-13-8-14(28-11-6-4-5-10(7-11)25(2)18(20)27)21-9-12(13)22-17(26)15-16(19)24-29-23-15/h4-9H,3H2,1-2H3,(H2,19,24)(H2,20,27). The Morgan fingerprint density at radius 3 is 2.83 bits per heavy atom. The molecule has 0 atom stereocenters. The number of aryl methyl sites for hydroxylation is 1. The number of rotatable bonds is 5. The summed E-state index contributed by atoms with van der Waals surface area (Å²) in [6.45, 7) is 2.58. The van der Waals surface area contributed by atoms with E-state index in [1.165, 1.54) is 4.90 Å². The molecule has 1 aromatic carbocycles. The number of carbonyl (C=O) groups is 1. The smallest absolute Gasteiger partial charge is 0.318 e. The Labute approximate surface area is 164 Å². The average molecular weight is 394 g/mol. The van der Waals surface area contributed by atoms with E-state index >= 15 is 0 Å². The van der Waals surface area contributed by atoms with Gasteiger partial charge >= 0.3 is 6.03 Å². The van der Waals surface area contributed by atoms with Crippen LogP contribution < -0.4 is 21.1 Å². The van der Waals surface area contributed by atoms with Crippen molar-refractivity contribution in [3.63, 3.8) is 0 Å². The first-order valence-electron chi connectivity index (χ1n) is 8.73. The Balaban J connectivity index is 1.70. The number of aromatic nitrogens is 5. The molecule has 29 heavy (non-hydrogen) atoms. The van der Waals surface area contributed by atoms with Crippen LogP contribution in [-0.4, -0.2) is 37.9 Å². The molecule has 0 aliphatic carbocycles. The quantitative estimate of drug-likeness (QED) is 0.523. The van der Waals surface area contributed by atoms with Gasteiger partial charge in [0.15, 0.2) is 17.3 Å². The second-order valence-corrected chi connectivity index (χ2v) is 6.19. The molecule has 3 heterocycles. The van der Waals surface area contributed by atoms with Crippen LogP contribution in [0.1, 0.15) is 6.92 Å². The zero-order valence-electron chi connectivity index (χ0n) is 15.7. The third-order valence-corrected chi connectivity index (χ3v) is 4.41. The summed E-state index contributed by atoms with van der Waals surface area (Å²) < 4.78 is 12.5. The fourth-order valence-corrected chi connectivity index (χ4v) is 2.92. The number of hydrogen-bond donors (Lipinski definition) is 2. The molecular formula is C18H18N8O3. The lowest BCUT2D eigenvalue weighted by Crippen LogP contribution is -2.31. The van der Waals surface area contributed by atoms with Crippen molar-refractivity contribution in [1.82, 2.24) is 24.8 Å². The lowest BCUT2D eigenvalue weighted by Gasteiger charge is -2.15. The summed E-state index contributed by atoms with van der Waals surface area (Å²) in [5.41, 5.74) is 13.5. The molecule has 0 aliphatic rings. The first-order chi connectivity index (χ1) is 14.0. The first-order valence-corrected chi connectivity index (χ1v) is 8.73. The number of hydrogen-bond acceptors (Lipinski definition) is 8. The van der Waals surface area contributed by atoms with Crippen molar-refractivity contribution in [2.75, 3.05) is 17.7 Å². The number of urea groups is 1. The van der Waals surface area contributed by atoms with Crippen LogP contribution in [0.5, 0.6) is 11.6 Å². The van der Waals surface area contributed by atoms with E-state index in [1.807, 2.05) is 11.5 Å². The topological polar surface area (TPSA) is 151 Å². The van der Waals surface area contributed by atoms with Gasteiger partial charge in [-0.15, -0.1) is 0 Å². The van der Waals surface area contributed by atoms with Gasteiger partial charge in [-0.05, 0) is 29.4 Å². The summed E-state index contributed by atoms with van der Waals surface area (Å²) in [6, 6.07) is 8.17. The number of ether oxygens (including phenoxy) is 1. The van der Waals surface area contributed by atoms with E-state index in [4.69, 9.17) is 16.2 Å². The van der Waals surface area contributed by atoms with E-state index in [0.29, 0.717) is 40.9 Å². The predicted molar refractivity (Wildman–Crippen MR) is 105 cm³/mol. The van der Waals surface area contributed by atoms with Gasteiger partial charge in [0, 0.05) is 31.4 Å². The summed E-state index contributed by atoms with van der Waals surface area (Å²) in [4.78, 5) is 21.5. The molecule has 4 N–H and O–H groups in total. The first kappa shape index (κ1) is 18.2. The minimum Gasteiger partial charge on any atom is -0.439 e. The minimum atomic E-state index is -0.567. The summed E-state index contributed by atoms with van der Waals surface area (Å²) in [6.07, 6.45) is 1.60. The van der Waals surface area contributed by atoms with Crippen LogP contribution in [0.3, 0.4) is 0 Å². The number of imidazole rings is 1. The van der Waals surface area contributed by atoms with Gasteiger partial charge in [-0.1, -0.05) is 6.07 Å². The zero-order valence-corrected chi connectivity index (χ0v) is 15.7. The van der Waals surface area contributed by atoms with Gasteiger partial charge in [0.1, 0.15) is 11.3 Å².